The molecule has 4 aromatic carbocycles. The summed E-state index contributed by atoms with van der Waals surface area (Å²) in [6.07, 6.45) is 6.61. The number of hydrogen-bond acceptors (Lipinski definition) is 3. The number of nitrogens with zero attached hydrogens (tertiary/aromatic N) is 5. The number of aromatic nitrogens is 5. The molecule has 0 aliphatic heterocycles. The van der Waals surface area contributed by atoms with Crippen LogP contribution in [0, 0.1) is 0 Å². The summed E-state index contributed by atoms with van der Waals surface area (Å²) in [7, 11) is 0. The second-order valence-corrected chi connectivity index (χ2v) is 10.9. The third kappa shape index (κ3) is 2.68. The van der Waals surface area contributed by atoms with Crippen LogP contribution in [0.3, 0.4) is 0 Å². The van der Waals surface area contributed by atoms with Crippen LogP contribution in [-0.4, -0.2) is 23.9 Å². The van der Waals surface area contributed by atoms with Crippen LogP contribution in [0.1, 0.15) is 11.1 Å². The average molecular weight is 524 g/mol. The molecule has 5 heteroatoms. The van der Waals surface area contributed by atoms with Crippen LogP contribution < -0.4 is 0 Å². The highest BCUT2D eigenvalue weighted by molar-refractivity contribution is 6.29. The second-order valence-electron chi connectivity index (χ2n) is 10.9. The van der Waals surface area contributed by atoms with Gasteiger partial charge in [0.2, 0.25) is 0 Å². The first-order valence-electron chi connectivity index (χ1n) is 13.9. The first-order valence-corrected chi connectivity index (χ1v) is 13.9. The maximum Gasteiger partial charge on any atom is 0.178 e. The first-order chi connectivity index (χ1) is 20.3. The van der Waals surface area contributed by atoms with Gasteiger partial charge in [-0.05, 0) is 82.6 Å². The molecule has 0 unspecified atom stereocenters. The van der Waals surface area contributed by atoms with Gasteiger partial charge in [-0.2, -0.15) is 0 Å². The molecule has 5 nitrogen and oxygen atoms in total. The van der Waals surface area contributed by atoms with Crippen molar-refractivity contribution in [3.05, 3.63) is 127 Å². The predicted molar refractivity (Wildman–Crippen MR) is 166 cm³/mol. The minimum Gasteiger partial charge on any atom is -0.309 e. The molecule has 41 heavy (non-hydrogen) atoms. The van der Waals surface area contributed by atoms with Crippen molar-refractivity contribution in [2.75, 3.05) is 0 Å². The fourth-order valence-electron chi connectivity index (χ4n) is 7.16. The van der Waals surface area contributed by atoms with Crippen molar-refractivity contribution < 1.29 is 0 Å². The summed E-state index contributed by atoms with van der Waals surface area (Å²) in [5, 5.41) is 5.85. The van der Waals surface area contributed by atoms with E-state index in [1.165, 1.54) is 44.1 Å². The Kier molecular flexibility index (Phi) is 3.92. The van der Waals surface area contributed by atoms with Crippen molar-refractivity contribution in [2.45, 2.75) is 6.42 Å². The molecule has 0 spiro atoms. The summed E-state index contributed by atoms with van der Waals surface area (Å²) in [6, 6.07) is 35.0. The molecule has 0 fully saturated rings. The van der Waals surface area contributed by atoms with Gasteiger partial charge in [0.25, 0.3) is 0 Å². The Labute approximate surface area is 234 Å². The molecule has 0 N–H and O–H groups in total. The molecule has 0 bridgehead atoms. The minimum absolute atomic E-state index is 0.748. The molecule has 190 valence electrons. The lowest BCUT2D eigenvalue weighted by Gasteiger charge is -2.11. The van der Waals surface area contributed by atoms with E-state index >= 15 is 0 Å². The van der Waals surface area contributed by atoms with E-state index in [4.69, 9.17) is 4.98 Å². The Bertz CT molecular complexity index is 2550. The molecule has 0 amide bonds. The van der Waals surface area contributed by atoms with Gasteiger partial charge >= 0.3 is 0 Å². The number of hydrogen-bond donors (Lipinski definition) is 0. The smallest absolute Gasteiger partial charge is 0.178 e. The molecular formula is C36H21N5. The fourth-order valence-corrected chi connectivity index (χ4v) is 7.16. The molecule has 0 saturated heterocycles. The highest BCUT2D eigenvalue weighted by atomic mass is 15.1. The molecule has 0 radical (unpaired) electrons. The van der Waals surface area contributed by atoms with Gasteiger partial charge in [-0.1, -0.05) is 48.5 Å². The van der Waals surface area contributed by atoms with E-state index in [-0.39, 0.29) is 0 Å². The predicted octanol–water partition coefficient (Wildman–Crippen LogP) is 8.25. The highest BCUT2D eigenvalue weighted by Crippen LogP contribution is 2.45. The van der Waals surface area contributed by atoms with Crippen LogP contribution in [0.5, 0.6) is 0 Å². The van der Waals surface area contributed by atoms with Gasteiger partial charge in [0, 0.05) is 45.8 Å². The van der Waals surface area contributed by atoms with Gasteiger partial charge in [-0.3, -0.25) is 9.38 Å². The number of imidazole rings is 1. The Morgan fingerprint density at radius 2 is 1.49 bits per heavy atom. The van der Waals surface area contributed by atoms with Crippen LogP contribution in [0.2, 0.25) is 0 Å². The van der Waals surface area contributed by atoms with E-state index in [2.05, 4.69) is 110 Å². The van der Waals surface area contributed by atoms with Gasteiger partial charge in [-0.25, -0.2) is 9.97 Å². The largest absolute Gasteiger partial charge is 0.309 e. The summed E-state index contributed by atoms with van der Waals surface area (Å²) in [4.78, 5) is 14.3. The summed E-state index contributed by atoms with van der Waals surface area (Å²) in [5.41, 5.74) is 12.7. The fraction of sp³-hybridized carbons (Fsp3) is 0.0278. The number of para-hydroxylation sites is 1. The molecular weight excluding hydrogens is 502 g/mol. The Balaban J connectivity index is 1.48. The van der Waals surface area contributed by atoms with Crippen molar-refractivity contribution in [3.8, 4) is 16.8 Å². The maximum atomic E-state index is 5.16. The van der Waals surface area contributed by atoms with Gasteiger partial charge in [-0.15, -0.1) is 0 Å². The lowest BCUT2D eigenvalue weighted by Crippen LogP contribution is -1.95. The summed E-state index contributed by atoms with van der Waals surface area (Å²) in [6.45, 7) is 0. The van der Waals surface area contributed by atoms with Crippen LogP contribution in [0.4, 0.5) is 0 Å². The van der Waals surface area contributed by atoms with E-state index in [1.54, 1.807) is 0 Å². The van der Waals surface area contributed by atoms with Crippen LogP contribution >= 0.6 is 0 Å². The Morgan fingerprint density at radius 3 is 2.44 bits per heavy atom. The van der Waals surface area contributed by atoms with Crippen molar-refractivity contribution in [1.82, 2.24) is 23.9 Å². The van der Waals surface area contributed by atoms with E-state index in [0.29, 0.717) is 0 Å². The molecule has 5 heterocycles. The van der Waals surface area contributed by atoms with Crippen molar-refractivity contribution in [1.29, 1.82) is 0 Å². The summed E-state index contributed by atoms with van der Waals surface area (Å²) >= 11 is 0. The third-order valence-corrected chi connectivity index (χ3v) is 8.84. The average Bonchev–Trinajstić information content (AvgIpc) is 3.69. The summed E-state index contributed by atoms with van der Waals surface area (Å²) < 4.78 is 4.67. The van der Waals surface area contributed by atoms with Gasteiger partial charge in [0.15, 0.2) is 5.65 Å². The lowest BCUT2D eigenvalue weighted by molar-refractivity contribution is 1.18. The van der Waals surface area contributed by atoms with Crippen LogP contribution in [0.15, 0.2) is 116 Å². The normalized spacial score (nSPS) is 12.8. The zero-order valence-electron chi connectivity index (χ0n) is 21.9. The number of fused-ring (bicyclic) bond motifs is 15. The van der Waals surface area contributed by atoms with Crippen molar-refractivity contribution in [3.63, 3.8) is 0 Å². The monoisotopic (exact) mass is 523 g/mol. The van der Waals surface area contributed by atoms with Gasteiger partial charge in [0.1, 0.15) is 5.65 Å². The van der Waals surface area contributed by atoms with E-state index in [0.717, 1.165) is 50.6 Å². The summed E-state index contributed by atoms with van der Waals surface area (Å²) in [5.74, 6) is 0. The number of rotatable bonds is 1. The topological polar surface area (TPSA) is 48.0 Å². The maximum absolute atomic E-state index is 5.16. The van der Waals surface area contributed by atoms with Gasteiger partial charge in [0.05, 0.1) is 22.1 Å². The number of benzene rings is 4. The molecule has 0 atom stereocenters. The van der Waals surface area contributed by atoms with Crippen molar-refractivity contribution >= 4 is 60.3 Å². The second kappa shape index (κ2) is 7.55. The number of pyridine rings is 3. The minimum atomic E-state index is 0.748. The molecule has 10 rings (SSSR count). The molecule has 1 aliphatic carbocycles. The van der Waals surface area contributed by atoms with E-state index in [1.807, 2.05) is 24.7 Å². The zero-order valence-corrected chi connectivity index (χ0v) is 21.9. The standard InChI is InChI=1S/C36H21N5/c1-2-8-23(9-3-1)40-30-13-12-25-28-20-37-16-14-29(28)41-31-11-6-15-38-35(31)39-36(41)34(25)33(30)27-18-22-17-21-7-4-5-10-24(21)26(22)19-32(27)40/h1-16,18-20H,17H2. The van der Waals surface area contributed by atoms with Crippen LogP contribution in [-0.2, 0) is 6.42 Å². The molecule has 1 aliphatic rings. The Morgan fingerprint density at radius 1 is 0.585 bits per heavy atom. The third-order valence-electron chi connectivity index (χ3n) is 8.84. The molecule has 0 saturated carbocycles. The highest BCUT2D eigenvalue weighted by Gasteiger charge is 2.25. The molecule has 9 aromatic rings. The van der Waals surface area contributed by atoms with Gasteiger partial charge < -0.3 is 4.57 Å². The van der Waals surface area contributed by atoms with E-state index < -0.39 is 0 Å². The lowest BCUT2D eigenvalue weighted by atomic mass is 9.99. The van der Waals surface area contributed by atoms with Crippen LogP contribution in [0.25, 0.3) is 77.1 Å². The quantitative estimate of drug-likeness (QED) is 0.204. The van der Waals surface area contributed by atoms with Crippen molar-refractivity contribution in [2.24, 2.45) is 0 Å². The first kappa shape index (κ1) is 21.3. The van der Waals surface area contributed by atoms with E-state index in [9.17, 15) is 0 Å². The SMILES string of the molecule is c1ccc(-n2c3cc4c(cc3c3c5c(ccc32)c2cnccc2n2c3cccnc3nc52)Cc2ccccc2-4)cc1. The zero-order chi connectivity index (χ0) is 26.7. The Hall–Kier alpha value is -5.55. The molecule has 5 aromatic heterocycles.